The molecule has 104 valence electrons. The number of nitrogens with one attached hydrogen (secondary N) is 1. The molecule has 5 heteroatoms. The fraction of sp³-hybridized carbons (Fsp3) is 0.846. The molecule has 0 aliphatic heterocycles. The van der Waals surface area contributed by atoms with Gasteiger partial charge < -0.3 is 15.3 Å². The number of carbonyl (C=O) groups is 2. The Morgan fingerprint density at radius 3 is 2.39 bits per heavy atom. The van der Waals surface area contributed by atoms with Gasteiger partial charge in [0.1, 0.15) is 0 Å². The number of amides is 1. The SMILES string of the molecule is CC1C[C@H](C(=O)NC(C)CN(C)C)[C@H](C(=O)O)C1. The van der Waals surface area contributed by atoms with E-state index >= 15 is 0 Å². The third kappa shape index (κ3) is 3.98. The Morgan fingerprint density at radius 2 is 1.89 bits per heavy atom. The van der Waals surface area contributed by atoms with E-state index in [1.165, 1.54) is 0 Å². The van der Waals surface area contributed by atoms with E-state index in [9.17, 15) is 9.59 Å². The Morgan fingerprint density at radius 1 is 1.33 bits per heavy atom. The molecule has 0 aromatic carbocycles. The second-order valence-corrected chi connectivity index (χ2v) is 5.80. The van der Waals surface area contributed by atoms with Gasteiger partial charge in [0.05, 0.1) is 11.8 Å². The maximum absolute atomic E-state index is 12.1. The van der Waals surface area contributed by atoms with Crippen LogP contribution in [0.2, 0.25) is 0 Å². The van der Waals surface area contributed by atoms with Gasteiger partial charge in [0.15, 0.2) is 0 Å². The van der Waals surface area contributed by atoms with Crippen LogP contribution < -0.4 is 5.32 Å². The molecule has 18 heavy (non-hydrogen) atoms. The van der Waals surface area contributed by atoms with E-state index in [1.807, 2.05) is 32.8 Å². The standard InChI is InChI=1S/C13H24N2O3/c1-8-5-10(11(6-8)13(17)18)12(16)14-9(2)7-15(3)4/h8-11H,5-7H2,1-4H3,(H,14,16)(H,17,18)/t8?,9?,10-,11+/m0/s1. The number of carboxylic acids is 1. The average Bonchev–Trinajstić information content (AvgIpc) is 2.58. The molecule has 2 unspecified atom stereocenters. The van der Waals surface area contributed by atoms with Crippen molar-refractivity contribution in [3.63, 3.8) is 0 Å². The topological polar surface area (TPSA) is 69.6 Å². The van der Waals surface area contributed by atoms with Crippen LogP contribution in [0.25, 0.3) is 0 Å². The summed E-state index contributed by atoms with van der Waals surface area (Å²) in [4.78, 5) is 25.2. The number of hydrogen-bond donors (Lipinski definition) is 2. The molecule has 1 aliphatic carbocycles. The number of aliphatic carboxylic acids is 1. The first-order valence-corrected chi connectivity index (χ1v) is 6.49. The van der Waals surface area contributed by atoms with Gasteiger partial charge in [-0.05, 0) is 39.8 Å². The van der Waals surface area contributed by atoms with Gasteiger partial charge in [0.25, 0.3) is 0 Å². The molecule has 1 saturated carbocycles. The van der Waals surface area contributed by atoms with Crippen LogP contribution in [0, 0.1) is 17.8 Å². The summed E-state index contributed by atoms with van der Waals surface area (Å²) in [7, 11) is 3.89. The van der Waals surface area contributed by atoms with E-state index < -0.39 is 11.9 Å². The van der Waals surface area contributed by atoms with Crippen molar-refractivity contribution in [2.75, 3.05) is 20.6 Å². The van der Waals surface area contributed by atoms with Crippen molar-refractivity contribution < 1.29 is 14.7 Å². The highest BCUT2D eigenvalue weighted by molar-refractivity contribution is 5.85. The molecule has 1 aliphatic rings. The smallest absolute Gasteiger partial charge is 0.307 e. The van der Waals surface area contributed by atoms with Crippen LogP contribution in [0.4, 0.5) is 0 Å². The summed E-state index contributed by atoms with van der Waals surface area (Å²) < 4.78 is 0. The van der Waals surface area contributed by atoms with Crippen LogP contribution >= 0.6 is 0 Å². The summed E-state index contributed by atoms with van der Waals surface area (Å²) in [6.07, 6.45) is 1.28. The molecule has 0 aromatic heterocycles. The van der Waals surface area contributed by atoms with Crippen molar-refractivity contribution in [1.29, 1.82) is 0 Å². The Balaban J connectivity index is 2.57. The molecule has 0 heterocycles. The van der Waals surface area contributed by atoms with E-state index in [2.05, 4.69) is 5.32 Å². The summed E-state index contributed by atoms with van der Waals surface area (Å²) in [6.45, 7) is 4.70. The molecule has 0 spiro atoms. The van der Waals surface area contributed by atoms with Crippen molar-refractivity contribution in [1.82, 2.24) is 10.2 Å². The van der Waals surface area contributed by atoms with Gasteiger partial charge in [0, 0.05) is 12.6 Å². The summed E-state index contributed by atoms with van der Waals surface area (Å²) >= 11 is 0. The minimum absolute atomic E-state index is 0.0397. The van der Waals surface area contributed by atoms with Gasteiger partial charge in [-0.25, -0.2) is 0 Å². The largest absolute Gasteiger partial charge is 0.481 e. The molecule has 0 saturated heterocycles. The zero-order valence-electron chi connectivity index (χ0n) is 11.6. The van der Waals surface area contributed by atoms with E-state index in [0.717, 1.165) is 6.54 Å². The van der Waals surface area contributed by atoms with Crippen LogP contribution in [0.1, 0.15) is 26.7 Å². The molecule has 1 fully saturated rings. The Bertz CT molecular complexity index is 317. The molecule has 1 rings (SSSR count). The molecule has 5 nitrogen and oxygen atoms in total. The lowest BCUT2D eigenvalue weighted by Crippen LogP contribution is -2.44. The van der Waals surface area contributed by atoms with Crippen molar-refractivity contribution in [3.8, 4) is 0 Å². The molecule has 1 amide bonds. The summed E-state index contributed by atoms with van der Waals surface area (Å²) in [5.41, 5.74) is 0. The number of carbonyl (C=O) groups excluding carboxylic acids is 1. The quantitative estimate of drug-likeness (QED) is 0.763. The van der Waals surface area contributed by atoms with Gasteiger partial charge in [-0.3, -0.25) is 9.59 Å². The Hall–Kier alpha value is -1.10. The zero-order chi connectivity index (χ0) is 13.9. The van der Waals surface area contributed by atoms with Crippen LogP contribution in [0.5, 0.6) is 0 Å². The first-order chi connectivity index (χ1) is 8.31. The molecule has 4 atom stereocenters. The number of carboxylic acid groups (broad SMARTS) is 1. The van der Waals surface area contributed by atoms with E-state index in [1.54, 1.807) is 0 Å². The molecule has 0 bridgehead atoms. The molecular formula is C13H24N2O3. The van der Waals surface area contributed by atoms with Crippen LogP contribution in [0.3, 0.4) is 0 Å². The van der Waals surface area contributed by atoms with Crippen LogP contribution in [-0.2, 0) is 9.59 Å². The van der Waals surface area contributed by atoms with Crippen molar-refractivity contribution >= 4 is 11.9 Å². The second kappa shape index (κ2) is 6.18. The lowest BCUT2D eigenvalue weighted by atomic mass is 9.95. The highest BCUT2D eigenvalue weighted by atomic mass is 16.4. The van der Waals surface area contributed by atoms with Gasteiger partial charge in [-0.2, -0.15) is 0 Å². The fourth-order valence-corrected chi connectivity index (χ4v) is 2.80. The van der Waals surface area contributed by atoms with E-state index in [-0.39, 0.29) is 17.9 Å². The lowest BCUT2D eigenvalue weighted by molar-refractivity contribution is -0.146. The summed E-state index contributed by atoms with van der Waals surface area (Å²) in [5, 5.41) is 12.1. The predicted octanol–water partition coefficient (Wildman–Crippen LogP) is 0.800. The van der Waals surface area contributed by atoms with Crippen molar-refractivity contribution in [2.24, 2.45) is 17.8 Å². The minimum atomic E-state index is -0.847. The fourth-order valence-electron chi connectivity index (χ4n) is 2.80. The van der Waals surface area contributed by atoms with Crippen molar-refractivity contribution in [3.05, 3.63) is 0 Å². The molecule has 0 radical (unpaired) electrons. The van der Waals surface area contributed by atoms with Crippen molar-refractivity contribution in [2.45, 2.75) is 32.7 Å². The first-order valence-electron chi connectivity index (χ1n) is 6.49. The zero-order valence-corrected chi connectivity index (χ0v) is 11.6. The molecule has 2 N–H and O–H groups in total. The summed E-state index contributed by atoms with van der Waals surface area (Å²) in [6, 6.07) is 0.0397. The van der Waals surface area contributed by atoms with Gasteiger partial charge in [0.2, 0.25) is 5.91 Å². The second-order valence-electron chi connectivity index (χ2n) is 5.80. The third-order valence-corrected chi connectivity index (χ3v) is 3.48. The summed E-state index contributed by atoms with van der Waals surface area (Å²) in [5.74, 6) is -1.54. The average molecular weight is 256 g/mol. The third-order valence-electron chi connectivity index (χ3n) is 3.48. The highest BCUT2D eigenvalue weighted by Gasteiger charge is 2.41. The normalized spacial score (nSPS) is 29.3. The number of rotatable bonds is 5. The van der Waals surface area contributed by atoms with E-state index in [4.69, 9.17) is 5.11 Å². The maximum Gasteiger partial charge on any atom is 0.307 e. The Kier molecular flexibility index (Phi) is 5.14. The number of nitrogens with zero attached hydrogens (tertiary/aromatic N) is 1. The maximum atomic E-state index is 12.1. The monoisotopic (exact) mass is 256 g/mol. The minimum Gasteiger partial charge on any atom is -0.481 e. The van der Waals surface area contributed by atoms with Crippen LogP contribution in [-0.4, -0.2) is 48.6 Å². The molecular weight excluding hydrogens is 232 g/mol. The van der Waals surface area contributed by atoms with Crippen LogP contribution in [0.15, 0.2) is 0 Å². The van der Waals surface area contributed by atoms with Gasteiger partial charge >= 0.3 is 5.97 Å². The van der Waals surface area contributed by atoms with Gasteiger partial charge in [-0.15, -0.1) is 0 Å². The lowest BCUT2D eigenvalue weighted by Gasteiger charge is -2.22. The van der Waals surface area contributed by atoms with Gasteiger partial charge in [-0.1, -0.05) is 6.92 Å². The predicted molar refractivity (Wildman–Crippen MR) is 69.2 cm³/mol. The first kappa shape index (κ1) is 15.0. The number of hydrogen-bond acceptors (Lipinski definition) is 3. The number of likely N-dealkylation sites (N-methyl/N-ethyl adjacent to an activating group) is 1. The molecule has 0 aromatic rings. The highest BCUT2D eigenvalue weighted by Crippen LogP contribution is 2.36. The Labute approximate surface area is 109 Å². The van der Waals surface area contributed by atoms with E-state index in [0.29, 0.717) is 18.8 Å².